The summed E-state index contributed by atoms with van der Waals surface area (Å²) < 4.78 is 0.0977. The highest BCUT2D eigenvalue weighted by atomic mass is 32.2. The fourth-order valence-corrected chi connectivity index (χ4v) is 2.84. The summed E-state index contributed by atoms with van der Waals surface area (Å²) in [6.45, 7) is 11.7. The molecule has 0 aromatic carbocycles. The van der Waals surface area contributed by atoms with E-state index in [1.54, 1.807) is 11.8 Å². The third kappa shape index (κ3) is 8.12. The largest absolute Gasteiger partial charge is 0.390 e. The van der Waals surface area contributed by atoms with Crippen LogP contribution in [-0.4, -0.2) is 58.7 Å². The Bertz CT molecular complexity index is 297. The van der Waals surface area contributed by atoms with Gasteiger partial charge in [0, 0.05) is 17.8 Å². The zero-order valence-corrected chi connectivity index (χ0v) is 14.1. The Labute approximate surface area is 127 Å². The lowest BCUT2D eigenvalue weighted by Gasteiger charge is -2.31. The summed E-state index contributed by atoms with van der Waals surface area (Å²) in [5, 5.41) is 12.8. The van der Waals surface area contributed by atoms with Crippen LogP contribution < -0.4 is 5.32 Å². The van der Waals surface area contributed by atoms with Gasteiger partial charge in [0.2, 0.25) is 5.91 Å². The molecule has 0 spiro atoms. The van der Waals surface area contributed by atoms with Crippen molar-refractivity contribution in [3.8, 4) is 0 Å². The minimum Gasteiger partial charge on any atom is -0.390 e. The highest BCUT2D eigenvalue weighted by Crippen LogP contribution is 2.22. The molecule has 2 N–H and O–H groups in total. The predicted molar refractivity (Wildman–Crippen MR) is 86.1 cm³/mol. The Hall–Kier alpha value is -0.260. The molecule has 1 aliphatic rings. The van der Waals surface area contributed by atoms with Crippen molar-refractivity contribution in [3.05, 3.63) is 0 Å². The summed E-state index contributed by atoms with van der Waals surface area (Å²) in [5.41, 5.74) is 0. The number of amides is 1. The maximum atomic E-state index is 11.7. The molecule has 0 bridgehead atoms. The number of carbonyl (C=O) groups excluding carboxylic acids is 1. The van der Waals surface area contributed by atoms with E-state index in [2.05, 4.69) is 37.9 Å². The molecule has 0 saturated carbocycles. The number of likely N-dealkylation sites (tertiary alicyclic amines) is 1. The molecule has 1 atom stereocenters. The Balaban J connectivity index is 2.13. The van der Waals surface area contributed by atoms with Crippen molar-refractivity contribution < 1.29 is 9.90 Å². The summed E-state index contributed by atoms with van der Waals surface area (Å²) >= 11 is 1.63. The molecular formula is C15H30N2O2S. The first-order valence-corrected chi connectivity index (χ1v) is 8.56. The van der Waals surface area contributed by atoms with Crippen molar-refractivity contribution in [2.45, 2.75) is 51.4 Å². The molecule has 0 aromatic heterocycles. The van der Waals surface area contributed by atoms with E-state index in [9.17, 15) is 9.90 Å². The van der Waals surface area contributed by atoms with Gasteiger partial charge in [-0.15, -0.1) is 11.8 Å². The van der Waals surface area contributed by atoms with Gasteiger partial charge in [0.1, 0.15) is 0 Å². The molecule has 1 heterocycles. The van der Waals surface area contributed by atoms with Crippen LogP contribution in [-0.2, 0) is 4.79 Å². The van der Waals surface area contributed by atoms with Crippen LogP contribution in [0.25, 0.3) is 0 Å². The number of rotatable bonds is 6. The van der Waals surface area contributed by atoms with E-state index in [0.717, 1.165) is 19.0 Å². The number of nitrogens with zero attached hydrogens (tertiary/aromatic N) is 1. The SMILES string of the molecule is CC1CCN(C[C@@H](O)CNC(=O)CSC(C)(C)C)CC1. The second-order valence-corrected chi connectivity index (χ2v) is 8.64. The van der Waals surface area contributed by atoms with Gasteiger partial charge in [0.15, 0.2) is 0 Å². The number of β-amino-alcohol motifs (C(OH)–C–C–N with tert-alkyl or cyclic N) is 1. The molecule has 1 aliphatic heterocycles. The normalized spacial score (nSPS) is 19.9. The van der Waals surface area contributed by atoms with Crippen LogP contribution in [0.1, 0.15) is 40.5 Å². The Morgan fingerprint density at radius 3 is 2.55 bits per heavy atom. The molecule has 4 nitrogen and oxygen atoms in total. The molecule has 1 saturated heterocycles. The van der Waals surface area contributed by atoms with Crippen molar-refractivity contribution in [1.82, 2.24) is 10.2 Å². The van der Waals surface area contributed by atoms with E-state index in [1.165, 1.54) is 12.8 Å². The van der Waals surface area contributed by atoms with Gasteiger partial charge in [-0.1, -0.05) is 27.7 Å². The van der Waals surface area contributed by atoms with Crippen molar-refractivity contribution in [3.63, 3.8) is 0 Å². The fraction of sp³-hybridized carbons (Fsp3) is 0.933. The third-order valence-electron chi connectivity index (χ3n) is 3.52. The zero-order chi connectivity index (χ0) is 15.2. The average molecular weight is 302 g/mol. The van der Waals surface area contributed by atoms with Crippen molar-refractivity contribution >= 4 is 17.7 Å². The first-order valence-electron chi connectivity index (χ1n) is 7.57. The monoisotopic (exact) mass is 302 g/mol. The van der Waals surface area contributed by atoms with Crippen molar-refractivity contribution in [2.24, 2.45) is 5.92 Å². The smallest absolute Gasteiger partial charge is 0.230 e. The van der Waals surface area contributed by atoms with Gasteiger partial charge in [-0.3, -0.25) is 4.79 Å². The maximum absolute atomic E-state index is 11.7. The van der Waals surface area contributed by atoms with Crippen LogP contribution in [0.15, 0.2) is 0 Å². The minimum atomic E-state index is -0.466. The molecule has 118 valence electrons. The van der Waals surface area contributed by atoms with Gasteiger partial charge in [-0.25, -0.2) is 0 Å². The van der Waals surface area contributed by atoms with Gasteiger partial charge < -0.3 is 15.3 Å². The molecule has 5 heteroatoms. The average Bonchev–Trinajstić information content (AvgIpc) is 2.36. The van der Waals surface area contributed by atoms with E-state index in [0.29, 0.717) is 18.8 Å². The van der Waals surface area contributed by atoms with Crippen LogP contribution in [0.5, 0.6) is 0 Å². The van der Waals surface area contributed by atoms with Gasteiger partial charge in [0.25, 0.3) is 0 Å². The highest BCUT2D eigenvalue weighted by Gasteiger charge is 2.19. The molecule has 1 amide bonds. The molecule has 1 rings (SSSR count). The van der Waals surface area contributed by atoms with Crippen molar-refractivity contribution in [1.29, 1.82) is 0 Å². The summed E-state index contributed by atoms with van der Waals surface area (Å²) in [6.07, 6.45) is 1.95. The lowest BCUT2D eigenvalue weighted by atomic mass is 9.99. The molecule has 0 radical (unpaired) electrons. The molecular weight excluding hydrogens is 272 g/mol. The molecule has 20 heavy (non-hydrogen) atoms. The standard InChI is InChI=1S/C15H30N2O2S/c1-12-5-7-17(8-6-12)10-13(18)9-16-14(19)11-20-15(2,3)4/h12-13,18H,5-11H2,1-4H3,(H,16,19)/t13-/m0/s1. The second-order valence-electron chi connectivity index (χ2n) is 6.84. The van der Waals surface area contributed by atoms with E-state index in [1.807, 2.05) is 0 Å². The Morgan fingerprint density at radius 1 is 1.40 bits per heavy atom. The first-order chi connectivity index (χ1) is 9.26. The number of thioether (sulfide) groups is 1. The molecule has 0 unspecified atom stereocenters. The number of hydrogen-bond donors (Lipinski definition) is 2. The van der Waals surface area contributed by atoms with Gasteiger partial charge in [0.05, 0.1) is 11.9 Å². The summed E-state index contributed by atoms with van der Waals surface area (Å²) in [5.74, 6) is 1.27. The quantitative estimate of drug-likeness (QED) is 0.784. The predicted octanol–water partition coefficient (Wildman–Crippen LogP) is 1.73. The Morgan fingerprint density at radius 2 is 2.00 bits per heavy atom. The van der Waals surface area contributed by atoms with E-state index in [-0.39, 0.29) is 10.7 Å². The number of nitrogens with one attached hydrogen (secondary N) is 1. The lowest BCUT2D eigenvalue weighted by molar-refractivity contribution is -0.119. The molecule has 1 fully saturated rings. The second kappa shape index (κ2) is 8.25. The van der Waals surface area contributed by atoms with E-state index >= 15 is 0 Å². The molecule has 0 aliphatic carbocycles. The van der Waals surface area contributed by atoms with Gasteiger partial charge in [-0.2, -0.15) is 0 Å². The van der Waals surface area contributed by atoms with Crippen LogP contribution in [0, 0.1) is 5.92 Å². The van der Waals surface area contributed by atoms with Gasteiger partial charge in [-0.05, 0) is 31.8 Å². The number of aliphatic hydroxyl groups excluding tert-OH is 1. The maximum Gasteiger partial charge on any atom is 0.230 e. The van der Waals surface area contributed by atoms with Crippen LogP contribution in [0.3, 0.4) is 0 Å². The first kappa shape index (κ1) is 17.8. The molecule has 0 aromatic rings. The summed E-state index contributed by atoms with van der Waals surface area (Å²) in [7, 11) is 0. The van der Waals surface area contributed by atoms with Crippen LogP contribution in [0.2, 0.25) is 0 Å². The number of carbonyl (C=O) groups is 1. The third-order valence-corrected chi connectivity index (χ3v) is 4.79. The fourth-order valence-electron chi connectivity index (χ4n) is 2.17. The zero-order valence-electron chi connectivity index (χ0n) is 13.3. The lowest BCUT2D eigenvalue weighted by Crippen LogP contribution is -2.43. The number of hydrogen-bond acceptors (Lipinski definition) is 4. The Kier molecular flexibility index (Phi) is 7.34. The number of piperidine rings is 1. The summed E-state index contributed by atoms with van der Waals surface area (Å²) in [4.78, 5) is 14.0. The van der Waals surface area contributed by atoms with Crippen LogP contribution >= 0.6 is 11.8 Å². The van der Waals surface area contributed by atoms with E-state index in [4.69, 9.17) is 0 Å². The van der Waals surface area contributed by atoms with E-state index < -0.39 is 6.10 Å². The topological polar surface area (TPSA) is 52.6 Å². The summed E-state index contributed by atoms with van der Waals surface area (Å²) in [6, 6.07) is 0. The minimum absolute atomic E-state index is 0.0104. The number of aliphatic hydroxyl groups is 1. The highest BCUT2D eigenvalue weighted by molar-refractivity contribution is 8.01. The van der Waals surface area contributed by atoms with Gasteiger partial charge >= 0.3 is 0 Å². The van der Waals surface area contributed by atoms with Crippen molar-refractivity contribution in [2.75, 3.05) is 31.9 Å². The van der Waals surface area contributed by atoms with Crippen LogP contribution in [0.4, 0.5) is 0 Å².